The second-order valence-electron chi connectivity index (χ2n) is 7.92. The van der Waals surface area contributed by atoms with Crippen LogP contribution in [0.2, 0.25) is 10.0 Å². The number of benzene rings is 2. The lowest BCUT2D eigenvalue weighted by molar-refractivity contribution is -0.121. The summed E-state index contributed by atoms with van der Waals surface area (Å²) < 4.78 is 14.8. The van der Waals surface area contributed by atoms with Gasteiger partial charge < -0.3 is 5.32 Å². The zero-order valence-electron chi connectivity index (χ0n) is 15.7. The van der Waals surface area contributed by atoms with Crippen molar-refractivity contribution in [1.82, 2.24) is 4.90 Å². The molecule has 1 amide bonds. The van der Waals surface area contributed by atoms with Gasteiger partial charge in [0.2, 0.25) is 5.91 Å². The average Bonchev–Trinajstić information content (AvgIpc) is 3.40. The minimum atomic E-state index is -0.442. The lowest BCUT2D eigenvalue weighted by Gasteiger charge is -2.30. The van der Waals surface area contributed by atoms with Gasteiger partial charge in [-0.25, -0.2) is 4.39 Å². The molecule has 0 spiro atoms. The van der Waals surface area contributed by atoms with Crippen molar-refractivity contribution in [3.63, 3.8) is 0 Å². The van der Waals surface area contributed by atoms with Crippen LogP contribution < -0.4 is 5.32 Å². The molecular weight excluding hydrogens is 398 g/mol. The summed E-state index contributed by atoms with van der Waals surface area (Å²) in [4.78, 5) is 15.6. The van der Waals surface area contributed by atoms with Crippen LogP contribution in [-0.4, -0.2) is 29.4 Å². The molecule has 1 aliphatic heterocycles. The Labute approximate surface area is 174 Å². The second kappa shape index (κ2) is 8.02. The highest BCUT2D eigenvalue weighted by atomic mass is 35.5. The van der Waals surface area contributed by atoms with E-state index in [1.807, 2.05) is 6.07 Å². The fraction of sp³-hybridized carbons (Fsp3) is 0.409. The fourth-order valence-electron chi connectivity index (χ4n) is 4.25. The van der Waals surface area contributed by atoms with Gasteiger partial charge in [0.05, 0.1) is 11.1 Å². The van der Waals surface area contributed by atoms with E-state index < -0.39 is 11.9 Å². The molecule has 0 bridgehead atoms. The summed E-state index contributed by atoms with van der Waals surface area (Å²) in [5.74, 6) is -0.162. The van der Waals surface area contributed by atoms with Gasteiger partial charge in [0.1, 0.15) is 5.82 Å². The zero-order valence-corrected chi connectivity index (χ0v) is 17.2. The first-order valence-electron chi connectivity index (χ1n) is 9.70. The monoisotopic (exact) mass is 420 g/mol. The van der Waals surface area contributed by atoms with Gasteiger partial charge >= 0.3 is 0 Å². The van der Waals surface area contributed by atoms with Crippen molar-refractivity contribution in [3.8, 4) is 0 Å². The first-order chi connectivity index (χ1) is 13.4. The summed E-state index contributed by atoms with van der Waals surface area (Å²) in [5, 5.41) is 3.64. The molecule has 1 saturated heterocycles. The number of carbonyl (C=O) groups is 1. The van der Waals surface area contributed by atoms with E-state index in [1.54, 1.807) is 36.4 Å². The smallest absolute Gasteiger partial charge is 0.242 e. The lowest BCUT2D eigenvalue weighted by Crippen LogP contribution is -2.45. The van der Waals surface area contributed by atoms with Gasteiger partial charge in [-0.2, -0.15) is 0 Å². The van der Waals surface area contributed by atoms with E-state index in [1.165, 1.54) is 12.8 Å². The topological polar surface area (TPSA) is 32.3 Å². The zero-order chi connectivity index (χ0) is 19.8. The van der Waals surface area contributed by atoms with Crippen LogP contribution in [0.25, 0.3) is 0 Å². The number of amides is 1. The highest BCUT2D eigenvalue weighted by molar-refractivity contribution is 6.31. The molecule has 3 nitrogen and oxygen atoms in total. The molecule has 2 aromatic carbocycles. The predicted octanol–water partition coefficient (Wildman–Crippen LogP) is 5.73. The van der Waals surface area contributed by atoms with Gasteiger partial charge in [0.15, 0.2) is 0 Å². The Morgan fingerprint density at radius 3 is 2.68 bits per heavy atom. The SMILES string of the molecule is C[C@H]1CC(c2cccc(Cl)c2F)C(C(=O)Nc2cccc(Cl)c2)N1CC1CC1. The number of hydrogen-bond acceptors (Lipinski definition) is 2. The van der Waals surface area contributed by atoms with E-state index in [0.29, 0.717) is 22.2 Å². The van der Waals surface area contributed by atoms with Crippen LogP contribution in [0.4, 0.5) is 10.1 Å². The number of nitrogens with one attached hydrogen (secondary N) is 1. The molecule has 1 saturated carbocycles. The van der Waals surface area contributed by atoms with E-state index in [0.717, 1.165) is 13.0 Å². The molecule has 2 aliphatic rings. The Kier molecular flexibility index (Phi) is 5.64. The number of hydrogen-bond donors (Lipinski definition) is 1. The van der Waals surface area contributed by atoms with Crippen molar-refractivity contribution in [2.45, 2.75) is 44.2 Å². The standard InChI is InChI=1S/C22H23Cl2FN2O/c1-13-10-18(17-6-3-7-19(24)20(17)25)21(27(13)12-14-8-9-14)22(28)26-16-5-2-4-15(23)11-16/h2-7,11,13-14,18,21H,8-10,12H2,1H3,(H,26,28)/t13-,18?,21?/m0/s1. The number of anilines is 1. The molecular formula is C22H23Cl2FN2O. The van der Waals surface area contributed by atoms with Crippen LogP contribution in [0.3, 0.4) is 0 Å². The predicted molar refractivity (Wildman–Crippen MR) is 112 cm³/mol. The summed E-state index contributed by atoms with van der Waals surface area (Å²) in [5.41, 5.74) is 1.16. The lowest BCUT2D eigenvalue weighted by atomic mass is 9.89. The van der Waals surface area contributed by atoms with Crippen molar-refractivity contribution in [1.29, 1.82) is 0 Å². The van der Waals surface area contributed by atoms with Crippen LogP contribution in [-0.2, 0) is 4.79 Å². The molecule has 2 fully saturated rings. The summed E-state index contributed by atoms with van der Waals surface area (Å²) in [7, 11) is 0. The number of rotatable bonds is 5. The maximum Gasteiger partial charge on any atom is 0.242 e. The maximum atomic E-state index is 14.8. The van der Waals surface area contributed by atoms with E-state index in [4.69, 9.17) is 23.2 Å². The van der Waals surface area contributed by atoms with Gasteiger partial charge in [0.25, 0.3) is 0 Å². The Morgan fingerprint density at radius 2 is 1.96 bits per heavy atom. The van der Waals surface area contributed by atoms with E-state index in [2.05, 4.69) is 17.1 Å². The molecule has 28 heavy (non-hydrogen) atoms. The van der Waals surface area contributed by atoms with Gasteiger partial charge in [-0.1, -0.05) is 41.4 Å². The molecule has 148 valence electrons. The molecule has 6 heteroatoms. The van der Waals surface area contributed by atoms with Crippen molar-refractivity contribution >= 4 is 34.8 Å². The second-order valence-corrected chi connectivity index (χ2v) is 8.76. The molecule has 2 aromatic rings. The van der Waals surface area contributed by atoms with Crippen LogP contribution in [0, 0.1) is 11.7 Å². The Hall–Kier alpha value is -1.62. The molecule has 1 aliphatic carbocycles. The molecule has 0 aromatic heterocycles. The number of nitrogens with zero attached hydrogens (tertiary/aromatic N) is 1. The fourth-order valence-corrected chi connectivity index (χ4v) is 4.62. The number of likely N-dealkylation sites (tertiary alicyclic amines) is 1. The largest absolute Gasteiger partial charge is 0.325 e. The third-order valence-corrected chi connectivity index (χ3v) is 6.33. The first-order valence-corrected chi connectivity index (χ1v) is 10.5. The highest BCUT2D eigenvalue weighted by Crippen LogP contribution is 2.42. The van der Waals surface area contributed by atoms with Crippen molar-refractivity contribution in [2.24, 2.45) is 5.92 Å². The summed E-state index contributed by atoms with van der Waals surface area (Å²) in [6.45, 7) is 2.98. The Morgan fingerprint density at radius 1 is 1.21 bits per heavy atom. The van der Waals surface area contributed by atoms with E-state index in [-0.39, 0.29) is 22.9 Å². The van der Waals surface area contributed by atoms with E-state index >= 15 is 0 Å². The van der Waals surface area contributed by atoms with Gasteiger partial charge in [-0.3, -0.25) is 9.69 Å². The normalized spacial score (nSPS) is 25.1. The molecule has 1 N–H and O–H groups in total. The van der Waals surface area contributed by atoms with Crippen molar-refractivity contribution in [3.05, 3.63) is 63.9 Å². The maximum absolute atomic E-state index is 14.8. The van der Waals surface area contributed by atoms with Crippen LogP contribution in [0.15, 0.2) is 42.5 Å². The molecule has 0 radical (unpaired) electrons. The number of halogens is 3. The first kappa shape index (κ1) is 19.7. The van der Waals surface area contributed by atoms with Gasteiger partial charge in [-0.05, 0) is 61.9 Å². The van der Waals surface area contributed by atoms with Gasteiger partial charge in [0, 0.05) is 29.2 Å². The van der Waals surface area contributed by atoms with Crippen LogP contribution in [0.5, 0.6) is 0 Å². The van der Waals surface area contributed by atoms with Crippen LogP contribution in [0.1, 0.15) is 37.7 Å². The highest BCUT2D eigenvalue weighted by Gasteiger charge is 2.46. The van der Waals surface area contributed by atoms with E-state index in [9.17, 15) is 9.18 Å². The third-order valence-electron chi connectivity index (χ3n) is 5.81. The summed E-state index contributed by atoms with van der Waals surface area (Å²) in [6.07, 6.45) is 3.11. The minimum absolute atomic E-state index is 0.0970. The molecule has 1 heterocycles. The van der Waals surface area contributed by atoms with Crippen molar-refractivity contribution in [2.75, 3.05) is 11.9 Å². The summed E-state index contributed by atoms with van der Waals surface area (Å²) >= 11 is 12.1. The number of carbonyl (C=O) groups excluding carboxylic acids is 1. The Balaban J connectivity index is 1.66. The van der Waals surface area contributed by atoms with Gasteiger partial charge in [-0.15, -0.1) is 0 Å². The Bertz CT molecular complexity index is 887. The summed E-state index contributed by atoms with van der Waals surface area (Å²) in [6, 6.07) is 11.9. The van der Waals surface area contributed by atoms with Crippen LogP contribution >= 0.6 is 23.2 Å². The molecule has 4 rings (SSSR count). The average molecular weight is 421 g/mol. The molecule has 3 atom stereocenters. The third kappa shape index (κ3) is 4.05. The minimum Gasteiger partial charge on any atom is -0.325 e. The quantitative estimate of drug-likeness (QED) is 0.669. The molecule has 2 unspecified atom stereocenters. The van der Waals surface area contributed by atoms with Crippen molar-refractivity contribution < 1.29 is 9.18 Å².